The fraction of sp³-hybridized carbons (Fsp3) is 0.412. The summed E-state index contributed by atoms with van der Waals surface area (Å²) in [4.78, 5) is 2.89. The fourth-order valence-corrected chi connectivity index (χ4v) is 3.27. The topological polar surface area (TPSA) is 12.0 Å². The average molecular weight is 273 g/mol. The molecule has 0 saturated carbocycles. The van der Waals surface area contributed by atoms with Crippen molar-refractivity contribution < 1.29 is 0 Å². The lowest BCUT2D eigenvalue weighted by Crippen LogP contribution is -2.21. The highest BCUT2D eigenvalue weighted by molar-refractivity contribution is 7.12. The highest BCUT2D eigenvalue weighted by Crippen LogP contribution is 2.26. The molecule has 1 aromatic heterocycles. The van der Waals surface area contributed by atoms with E-state index in [-0.39, 0.29) is 0 Å². The van der Waals surface area contributed by atoms with Crippen LogP contribution in [0.25, 0.3) is 0 Å². The highest BCUT2D eigenvalue weighted by Gasteiger charge is 2.12. The maximum Gasteiger partial charge on any atom is 0.0391 e. The average Bonchev–Trinajstić information content (AvgIpc) is 2.87. The Bertz CT molecular complexity index is 530. The molecule has 2 atom stereocenters. The molecule has 2 aromatic rings. The van der Waals surface area contributed by atoms with Crippen LogP contribution in [0.4, 0.5) is 0 Å². The second-order valence-electron chi connectivity index (χ2n) is 5.18. The molecule has 1 nitrogen and oxygen atoms in total. The van der Waals surface area contributed by atoms with Crippen LogP contribution in [0.15, 0.2) is 36.4 Å². The molecule has 1 aromatic carbocycles. The van der Waals surface area contributed by atoms with Crippen molar-refractivity contribution in [2.45, 2.75) is 46.2 Å². The van der Waals surface area contributed by atoms with Crippen LogP contribution in [0.3, 0.4) is 0 Å². The third kappa shape index (κ3) is 3.68. The van der Waals surface area contributed by atoms with Gasteiger partial charge in [-0.3, -0.25) is 0 Å². The quantitative estimate of drug-likeness (QED) is 0.805. The molecule has 0 aliphatic rings. The Hall–Kier alpha value is -1.12. The van der Waals surface area contributed by atoms with Crippen molar-refractivity contribution in [3.05, 3.63) is 57.3 Å². The van der Waals surface area contributed by atoms with Crippen molar-refractivity contribution in [2.24, 2.45) is 0 Å². The summed E-state index contributed by atoms with van der Waals surface area (Å²) in [5.41, 5.74) is 2.68. The minimum absolute atomic E-state index is 0.377. The molecule has 2 heteroatoms. The SMILES string of the molecule is CCc1ccc(C(C)N[C@H](C)c2cccc(C)c2)s1. The molecule has 2 rings (SSSR count). The van der Waals surface area contributed by atoms with Gasteiger partial charge in [0.05, 0.1) is 0 Å². The summed E-state index contributed by atoms with van der Waals surface area (Å²) < 4.78 is 0. The molecule has 0 radical (unpaired) electrons. The number of nitrogens with one attached hydrogen (secondary N) is 1. The predicted octanol–water partition coefficient (Wildman–Crippen LogP) is 5.03. The van der Waals surface area contributed by atoms with Crippen molar-refractivity contribution >= 4 is 11.3 Å². The van der Waals surface area contributed by atoms with E-state index < -0.39 is 0 Å². The van der Waals surface area contributed by atoms with Crippen molar-refractivity contribution in [3.63, 3.8) is 0 Å². The first-order valence-electron chi connectivity index (χ1n) is 7.01. The summed E-state index contributed by atoms with van der Waals surface area (Å²) >= 11 is 1.92. The monoisotopic (exact) mass is 273 g/mol. The number of benzene rings is 1. The van der Waals surface area contributed by atoms with Crippen LogP contribution >= 0.6 is 11.3 Å². The molecule has 19 heavy (non-hydrogen) atoms. The van der Waals surface area contributed by atoms with Gasteiger partial charge in [0, 0.05) is 21.8 Å². The first kappa shape index (κ1) is 14.3. The van der Waals surface area contributed by atoms with Crippen LogP contribution < -0.4 is 5.32 Å². The second-order valence-corrected chi connectivity index (χ2v) is 6.38. The fourth-order valence-electron chi connectivity index (χ4n) is 2.31. The lowest BCUT2D eigenvalue weighted by molar-refractivity contribution is 0.500. The summed E-state index contributed by atoms with van der Waals surface area (Å²) in [5.74, 6) is 0. The molecule has 102 valence electrons. The molecule has 0 amide bonds. The van der Waals surface area contributed by atoms with Crippen LogP contribution in [-0.4, -0.2) is 0 Å². The van der Waals surface area contributed by atoms with Crippen molar-refractivity contribution in [1.82, 2.24) is 5.32 Å². The van der Waals surface area contributed by atoms with Gasteiger partial charge >= 0.3 is 0 Å². The minimum atomic E-state index is 0.377. The maximum absolute atomic E-state index is 3.69. The normalized spacial score (nSPS) is 14.3. The zero-order valence-electron chi connectivity index (χ0n) is 12.2. The lowest BCUT2D eigenvalue weighted by Gasteiger charge is -2.20. The smallest absolute Gasteiger partial charge is 0.0391 e. The van der Waals surface area contributed by atoms with Crippen molar-refractivity contribution in [2.75, 3.05) is 0 Å². The van der Waals surface area contributed by atoms with Gasteiger partial charge in [-0.15, -0.1) is 11.3 Å². The number of thiophene rings is 1. The molecular formula is C17H23NS. The Morgan fingerprint density at radius 3 is 2.53 bits per heavy atom. The van der Waals surface area contributed by atoms with E-state index in [0.717, 1.165) is 6.42 Å². The Labute approximate surface area is 120 Å². The number of rotatable bonds is 5. The first-order valence-corrected chi connectivity index (χ1v) is 7.83. The van der Waals surface area contributed by atoms with Crippen LogP contribution in [0.1, 0.15) is 53.7 Å². The molecular weight excluding hydrogens is 250 g/mol. The van der Waals surface area contributed by atoms with E-state index >= 15 is 0 Å². The molecule has 1 unspecified atom stereocenters. The van der Waals surface area contributed by atoms with E-state index in [0.29, 0.717) is 12.1 Å². The molecule has 1 heterocycles. The summed E-state index contributed by atoms with van der Waals surface area (Å²) in [5, 5.41) is 3.69. The summed E-state index contributed by atoms with van der Waals surface area (Å²) in [6, 6.07) is 14.0. The van der Waals surface area contributed by atoms with E-state index in [1.165, 1.54) is 20.9 Å². The Balaban J connectivity index is 2.03. The minimum Gasteiger partial charge on any atom is -0.303 e. The highest BCUT2D eigenvalue weighted by atomic mass is 32.1. The number of hydrogen-bond acceptors (Lipinski definition) is 2. The van der Waals surface area contributed by atoms with E-state index in [9.17, 15) is 0 Å². The van der Waals surface area contributed by atoms with Gasteiger partial charge in [0.1, 0.15) is 0 Å². The summed E-state index contributed by atoms with van der Waals surface area (Å²) in [6.45, 7) is 8.84. The third-order valence-electron chi connectivity index (χ3n) is 3.50. The van der Waals surface area contributed by atoms with Crippen LogP contribution in [0, 0.1) is 6.92 Å². The molecule has 0 fully saturated rings. The second kappa shape index (κ2) is 6.36. The Morgan fingerprint density at radius 1 is 1.11 bits per heavy atom. The third-order valence-corrected chi connectivity index (χ3v) is 4.91. The molecule has 0 aliphatic heterocycles. The largest absolute Gasteiger partial charge is 0.303 e. The van der Waals surface area contributed by atoms with Crippen LogP contribution in [0.5, 0.6) is 0 Å². The zero-order valence-corrected chi connectivity index (χ0v) is 13.1. The van der Waals surface area contributed by atoms with Gasteiger partial charge in [0.25, 0.3) is 0 Å². The molecule has 0 bridgehead atoms. The van der Waals surface area contributed by atoms with Crippen LogP contribution in [-0.2, 0) is 6.42 Å². The Kier molecular flexibility index (Phi) is 4.78. The van der Waals surface area contributed by atoms with Crippen molar-refractivity contribution in [1.29, 1.82) is 0 Å². The Morgan fingerprint density at radius 2 is 1.89 bits per heavy atom. The molecule has 0 saturated heterocycles. The van der Waals surface area contributed by atoms with Gasteiger partial charge in [-0.05, 0) is 44.9 Å². The van der Waals surface area contributed by atoms with Gasteiger partial charge in [-0.25, -0.2) is 0 Å². The van der Waals surface area contributed by atoms with Gasteiger partial charge in [0.2, 0.25) is 0 Å². The zero-order chi connectivity index (χ0) is 13.8. The van der Waals surface area contributed by atoms with E-state index in [1.807, 2.05) is 11.3 Å². The van der Waals surface area contributed by atoms with E-state index in [2.05, 4.69) is 69.4 Å². The van der Waals surface area contributed by atoms with E-state index in [4.69, 9.17) is 0 Å². The van der Waals surface area contributed by atoms with Crippen LogP contribution in [0.2, 0.25) is 0 Å². The maximum atomic E-state index is 3.69. The number of hydrogen-bond donors (Lipinski definition) is 1. The molecule has 0 spiro atoms. The van der Waals surface area contributed by atoms with E-state index in [1.54, 1.807) is 0 Å². The summed E-state index contributed by atoms with van der Waals surface area (Å²) in [7, 11) is 0. The van der Waals surface area contributed by atoms with Gasteiger partial charge in [-0.1, -0.05) is 36.8 Å². The predicted molar refractivity (Wildman–Crippen MR) is 84.8 cm³/mol. The molecule has 1 N–H and O–H groups in total. The van der Waals surface area contributed by atoms with Gasteiger partial charge < -0.3 is 5.32 Å². The summed E-state index contributed by atoms with van der Waals surface area (Å²) in [6.07, 6.45) is 1.13. The number of aryl methyl sites for hydroxylation is 2. The lowest BCUT2D eigenvalue weighted by atomic mass is 10.0. The first-order chi connectivity index (χ1) is 9.10. The van der Waals surface area contributed by atoms with Gasteiger partial charge in [0.15, 0.2) is 0 Å². The van der Waals surface area contributed by atoms with Crippen molar-refractivity contribution in [3.8, 4) is 0 Å². The standard InChI is InChI=1S/C17H23NS/c1-5-16-9-10-17(19-16)14(4)18-13(3)15-8-6-7-12(2)11-15/h6-11,13-14,18H,5H2,1-4H3/t13-,14?/m1/s1. The molecule has 0 aliphatic carbocycles. The van der Waals surface area contributed by atoms with Gasteiger partial charge in [-0.2, -0.15) is 0 Å².